The summed E-state index contributed by atoms with van der Waals surface area (Å²) in [5, 5.41) is 3.14. The van der Waals surface area contributed by atoms with Crippen LogP contribution in [0.2, 0.25) is 0 Å². The third-order valence-electron chi connectivity index (χ3n) is 5.38. The van der Waals surface area contributed by atoms with E-state index < -0.39 is 0 Å². The van der Waals surface area contributed by atoms with Crippen LogP contribution in [0.4, 0.5) is 0 Å². The number of halogens is 1. The molecule has 1 saturated carbocycles. The third-order valence-corrected chi connectivity index (χ3v) is 5.91. The van der Waals surface area contributed by atoms with Crippen LogP contribution in [0.15, 0.2) is 53.0 Å². The number of para-hydroxylation sites is 2. The average molecular weight is 426 g/mol. The SMILES string of the molecule is O=C(NCc1nc2ccccc2n1Cc1ccc(Br)cc1)C1CCCCC1. The van der Waals surface area contributed by atoms with Gasteiger partial charge < -0.3 is 9.88 Å². The summed E-state index contributed by atoms with van der Waals surface area (Å²) in [6.45, 7) is 1.21. The highest BCUT2D eigenvalue weighted by Crippen LogP contribution is 2.24. The molecule has 4 rings (SSSR count). The molecular weight excluding hydrogens is 402 g/mol. The van der Waals surface area contributed by atoms with Crippen molar-refractivity contribution >= 4 is 32.9 Å². The Morgan fingerprint density at radius 2 is 1.81 bits per heavy atom. The van der Waals surface area contributed by atoms with Crippen LogP contribution in [0.5, 0.6) is 0 Å². The number of imidazole rings is 1. The van der Waals surface area contributed by atoms with E-state index in [-0.39, 0.29) is 11.8 Å². The van der Waals surface area contributed by atoms with Crippen LogP contribution < -0.4 is 5.32 Å². The second kappa shape index (κ2) is 8.26. The molecule has 0 radical (unpaired) electrons. The predicted molar refractivity (Wildman–Crippen MR) is 111 cm³/mol. The van der Waals surface area contributed by atoms with E-state index in [1.165, 1.54) is 24.8 Å². The normalized spacial score (nSPS) is 15.1. The molecule has 0 unspecified atom stereocenters. The lowest BCUT2D eigenvalue weighted by Gasteiger charge is -2.20. The maximum atomic E-state index is 12.5. The fraction of sp³-hybridized carbons (Fsp3) is 0.364. The number of carbonyl (C=O) groups is 1. The Morgan fingerprint density at radius 1 is 1.07 bits per heavy atom. The Hall–Kier alpha value is -2.14. The molecular formula is C22H24BrN3O. The van der Waals surface area contributed by atoms with Gasteiger partial charge in [0, 0.05) is 16.9 Å². The molecule has 0 aliphatic heterocycles. The molecule has 1 aliphatic carbocycles. The highest BCUT2D eigenvalue weighted by molar-refractivity contribution is 9.10. The molecule has 1 N–H and O–H groups in total. The summed E-state index contributed by atoms with van der Waals surface area (Å²) < 4.78 is 3.28. The van der Waals surface area contributed by atoms with Crippen molar-refractivity contribution in [1.82, 2.24) is 14.9 Å². The number of amides is 1. The van der Waals surface area contributed by atoms with Crippen LogP contribution in [-0.2, 0) is 17.9 Å². The molecule has 1 aromatic heterocycles. The number of aromatic nitrogens is 2. The molecule has 3 aromatic rings. The second-order valence-electron chi connectivity index (χ2n) is 7.28. The predicted octanol–water partition coefficient (Wildman–Crippen LogP) is 5.04. The van der Waals surface area contributed by atoms with Crippen LogP contribution in [0.3, 0.4) is 0 Å². The Kier molecular flexibility index (Phi) is 5.58. The molecule has 0 saturated heterocycles. The van der Waals surface area contributed by atoms with Crippen LogP contribution in [0.1, 0.15) is 43.5 Å². The Bertz CT molecular complexity index is 926. The van der Waals surface area contributed by atoms with Gasteiger partial charge in [0.05, 0.1) is 17.6 Å². The highest BCUT2D eigenvalue weighted by Gasteiger charge is 2.21. The van der Waals surface area contributed by atoms with Gasteiger partial charge in [-0.1, -0.05) is 59.5 Å². The van der Waals surface area contributed by atoms with Crippen molar-refractivity contribution in [3.8, 4) is 0 Å². The first kappa shape index (κ1) is 18.2. The quantitative estimate of drug-likeness (QED) is 0.621. The molecule has 1 heterocycles. The van der Waals surface area contributed by atoms with E-state index >= 15 is 0 Å². The number of nitrogens with zero attached hydrogens (tertiary/aromatic N) is 2. The maximum absolute atomic E-state index is 12.5. The van der Waals surface area contributed by atoms with E-state index in [4.69, 9.17) is 4.98 Å². The molecule has 140 valence electrons. The summed E-state index contributed by atoms with van der Waals surface area (Å²) in [6.07, 6.45) is 5.62. The third kappa shape index (κ3) is 4.24. The zero-order chi connectivity index (χ0) is 18.6. The maximum Gasteiger partial charge on any atom is 0.223 e. The van der Waals surface area contributed by atoms with Crippen molar-refractivity contribution in [2.45, 2.75) is 45.2 Å². The van der Waals surface area contributed by atoms with Crippen LogP contribution >= 0.6 is 15.9 Å². The molecule has 1 fully saturated rings. The second-order valence-corrected chi connectivity index (χ2v) is 8.20. The number of hydrogen-bond acceptors (Lipinski definition) is 2. The van der Waals surface area contributed by atoms with Crippen LogP contribution in [-0.4, -0.2) is 15.5 Å². The van der Waals surface area contributed by atoms with Crippen LogP contribution in [0.25, 0.3) is 11.0 Å². The fourth-order valence-corrected chi connectivity index (χ4v) is 4.15. The van der Waals surface area contributed by atoms with E-state index in [2.05, 4.69) is 56.1 Å². The monoisotopic (exact) mass is 425 g/mol. The molecule has 5 heteroatoms. The summed E-state index contributed by atoms with van der Waals surface area (Å²) >= 11 is 3.49. The fourth-order valence-electron chi connectivity index (χ4n) is 3.88. The number of nitrogens with one attached hydrogen (secondary N) is 1. The molecule has 2 aromatic carbocycles. The number of benzene rings is 2. The largest absolute Gasteiger partial charge is 0.349 e. The van der Waals surface area contributed by atoms with Crippen molar-refractivity contribution in [2.24, 2.45) is 5.92 Å². The van der Waals surface area contributed by atoms with Crippen molar-refractivity contribution < 1.29 is 4.79 Å². The molecule has 0 bridgehead atoms. The first-order chi connectivity index (χ1) is 13.2. The van der Waals surface area contributed by atoms with Gasteiger partial charge in [-0.3, -0.25) is 4.79 Å². The minimum atomic E-state index is 0.169. The molecule has 0 atom stereocenters. The lowest BCUT2D eigenvalue weighted by Crippen LogP contribution is -2.32. The number of fused-ring (bicyclic) bond motifs is 1. The summed E-state index contributed by atoms with van der Waals surface area (Å²) in [5.41, 5.74) is 3.28. The van der Waals surface area contributed by atoms with E-state index in [9.17, 15) is 4.79 Å². The van der Waals surface area contributed by atoms with Gasteiger partial charge in [-0.2, -0.15) is 0 Å². The zero-order valence-electron chi connectivity index (χ0n) is 15.3. The molecule has 1 amide bonds. The topological polar surface area (TPSA) is 46.9 Å². The lowest BCUT2D eigenvalue weighted by atomic mass is 9.89. The van der Waals surface area contributed by atoms with Gasteiger partial charge in [0.15, 0.2) is 0 Å². The number of hydrogen-bond donors (Lipinski definition) is 1. The van der Waals surface area contributed by atoms with E-state index in [0.29, 0.717) is 6.54 Å². The zero-order valence-corrected chi connectivity index (χ0v) is 16.9. The molecule has 4 nitrogen and oxygen atoms in total. The number of rotatable bonds is 5. The van der Waals surface area contributed by atoms with Gasteiger partial charge in [0.2, 0.25) is 5.91 Å². The van der Waals surface area contributed by atoms with Gasteiger partial charge in [-0.15, -0.1) is 0 Å². The van der Waals surface area contributed by atoms with Gasteiger partial charge in [0.25, 0.3) is 0 Å². The minimum Gasteiger partial charge on any atom is -0.349 e. The smallest absolute Gasteiger partial charge is 0.223 e. The van der Waals surface area contributed by atoms with E-state index in [0.717, 1.165) is 40.7 Å². The summed E-state index contributed by atoms with van der Waals surface area (Å²) in [7, 11) is 0. The van der Waals surface area contributed by atoms with E-state index in [1.807, 2.05) is 18.2 Å². The van der Waals surface area contributed by atoms with Gasteiger partial charge in [-0.25, -0.2) is 4.98 Å². The first-order valence-electron chi connectivity index (χ1n) is 9.67. The van der Waals surface area contributed by atoms with Crippen molar-refractivity contribution in [2.75, 3.05) is 0 Å². The first-order valence-corrected chi connectivity index (χ1v) is 10.5. The lowest BCUT2D eigenvalue weighted by molar-refractivity contribution is -0.126. The summed E-state index contributed by atoms with van der Waals surface area (Å²) in [6, 6.07) is 16.5. The number of carbonyl (C=O) groups excluding carboxylic acids is 1. The Labute approximate surface area is 168 Å². The molecule has 27 heavy (non-hydrogen) atoms. The van der Waals surface area contributed by atoms with Crippen molar-refractivity contribution in [3.63, 3.8) is 0 Å². The van der Waals surface area contributed by atoms with Crippen LogP contribution in [0, 0.1) is 5.92 Å². The minimum absolute atomic E-state index is 0.169. The molecule has 0 spiro atoms. The summed E-state index contributed by atoms with van der Waals surface area (Å²) in [5.74, 6) is 1.25. The average Bonchev–Trinajstić information content (AvgIpc) is 3.06. The molecule has 1 aliphatic rings. The van der Waals surface area contributed by atoms with Gasteiger partial charge >= 0.3 is 0 Å². The van der Waals surface area contributed by atoms with Gasteiger partial charge in [0.1, 0.15) is 5.82 Å². The Balaban J connectivity index is 1.56. The van der Waals surface area contributed by atoms with Gasteiger partial charge in [-0.05, 0) is 42.7 Å². The standard InChI is InChI=1S/C22H24BrN3O/c23-18-12-10-16(11-13-18)15-26-20-9-5-4-8-19(20)25-21(26)14-24-22(27)17-6-2-1-3-7-17/h4-5,8-13,17H,1-3,6-7,14-15H2,(H,24,27). The highest BCUT2D eigenvalue weighted by atomic mass is 79.9. The van der Waals surface area contributed by atoms with E-state index in [1.54, 1.807) is 0 Å². The van der Waals surface area contributed by atoms with Crippen molar-refractivity contribution in [1.29, 1.82) is 0 Å². The summed E-state index contributed by atoms with van der Waals surface area (Å²) in [4.78, 5) is 17.3. The van der Waals surface area contributed by atoms with Crippen molar-refractivity contribution in [3.05, 3.63) is 64.4 Å². The Morgan fingerprint density at radius 3 is 2.59 bits per heavy atom.